The summed E-state index contributed by atoms with van der Waals surface area (Å²) in [5, 5.41) is 4.13. The molecule has 0 amide bonds. The van der Waals surface area contributed by atoms with Gasteiger partial charge in [0.25, 0.3) is 0 Å². The van der Waals surface area contributed by atoms with Crippen molar-refractivity contribution in [3.8, 4) is 0 Å². The molecule has 0 saturated heterocycles. The predicted molar refractivity (Wildman–Crippen MR) is 84.3 cm³/mol. The molecule has 3 rings (SSSR count). The second-order valence-corrected chi connectivity index (χ2v) is 6.26. The van der Waals surface area contributed by atoms with E-state index < -0.39 is 0 Å². The van der Waals surface area contributed by atoms with Gasteiger partial charge in [-0.15, -0.1) is 0 Å². The van der Waals surface area contributed by atoms with Crippen LogP contribution >= 0.6 is 27.3 Å². The molecule has 2 heterocycles. The zero-order valence-electron chi connectivity index (χ0n) is 10.6. The molecule has 0 aliphatic rings. The number of anilines is 2. The van der Waals surface area contributed by atoms with Crippen LogP contribution in [0.1, 0.15) is 11.3 Å². The SMILES string of the molecule is Cc1ccc2nc(Nc3ccc(Br)c(C)n3)sc2c1. The van der Waals surface area contributed by atoms with Gasteiger partial charge in [-0.3, -0.25) is 0 Å². The summed E-state index contributed by atoms with van der Waals surface area (Å²) in [5.41, 5.74) is 3.23. The molecule has 0 atom stereocenters. The molecule has 0 spiro atoms. The third-order valence-corrected chi connectivity index (χ3v) is 4.57. The Morgan fingerprint density at radius 1 is 1.11 bits per heavy atom. The third-order valence-electron chi connectivity index (χ3n) is 2.80. The Labute approximate surface area is 123 Å². The van der Waals surface area contributed by atoms with E-state index in [0.29, 0.717) is 0 Å². The lowest BCUT2D eigenvalue weighted by atomic mass is 10.2. The third kappa shape index (κ3) is 2.62. The molecule has 0 aliphatic carbocycles. The van der Waals surface area contributed by atoms with Crippen molar-refractivity contribution in [1.29, 1.82) is 0 Å². The second kappa shape index (κ2) is 4.90. The molecule has 0 fully saturated rings. The van der Waals surface area contributed by atoms with Gasteiger partial charge in [-0.25, -0.2) is 9.97 Å². The summed E-state index contributed by atoms with van der Waals surface area (Å²) in [5.74, 6) is 0.816. The number of nitrogens with zero attached hydrogens (tertiary/aromatic N) is 2. The van der Waals surface area contributed by atoms with Gasteiger partial charge in [-0.05, 0) is 59.6 Å². The molecular weight excluding hydrogens is 322 g/mol. The molecule has 96 valence electrons. The van der Waals surface area contributed by atoms with Crippen LogP contribution < -0.4 is 5.32 Å². The van der Waals surface area contributed by atoms with Gasteiger partial charge in [0.2, 0.25) is 0 Å². The average molecular weight is 334 g/mol. The van der Waals surface area contributed by atoms with Crippen LogP contribution in [0, 0.1) is 13.8 Å². The minimum absolute atomic E-state index is 0.816. The molecule has 2 aromatic heterocycles. The molecular formula is C14H12BrN3S. The Balaban J connectivity index is 1.94. The lowest BCUT2D eigenvalue weighted by Crippen LogP contribution is -1.94. The summed E-state index contributed by atoms with van der Waals surface area (Å²) in [7, 11) is 0. The summed E-state index contributed by atoms with van der Waals surface area (Å²) < 4.78 is 2.20. The maximum Gasteiger partial charge on any atom is 0.189 e. The normalized spacial score (nSPS) is 10.9. The zero-order valence-corrected chi connectivity index (χ0v) is 13.0. The van der Waals surface area contributed by atoms with Crippen molar-refractivity contribution in [1.82, 2.24) is 9.97 Å². The number of hydrogen-bond donors (Lipinski definition) is 1. The standard InChI is InChI=1S/C14H12BrN3S/c1-8-3-5-11-12(7-8)19-14(17-11)18-13-6-4-10(15)9(2)16-13/h3-7H,1-2H3,(H,16,17,18). The molecule has 0 bridgehead atoms. The highest BCUT2D eigenvalue weighted by Gasteiger charge is 2.05. The summed E-state index contributed by atoms with van der Waals surface area (Å²) in [6, 6.07) is 10.2. The van der Waals surface area contributed by atoms with Crippen LogP contribution in [-0.4, -0.2) is 9.97 Å². The Morgan fingerprint density at radius 3 is 2.74 bits per heavy atom. The van der Waals surface area contributed by atoms with Crippen LogP contribution in [0.25, 0.3) is 10.2 Å². The summed E-state index contributed by atoms with van der Waals surface area (Å²) >= 11 is 5.09. The highest BCUT2D eigenvalue weighted by molar-refractivity contribution is 9.10. The van der Waals surface area contributed by atoms with Gasteiger partial charge in [0.15, 0.2) is 5.13 Å². The number of thiazole rings is 1. The first-order valence-electron chi connectivity index (χ1n) is 5.89. The van der Waals surface area contributed by atoms with Crippen molar-refractivity contribution in [2.24, 2.45) is 0 Å². The van der Waals surface area contributed by atoms with E-state index in [0.717, 1.165) is 26.6 Å². The van der Waals surface area contributed by atoms with Gasteiger partial charge in [0.1, 0.15) is 5.82 Å². The van der Waals surface area contributed by atoms with Crippen molar-refractivity contribution >= 4 is 48.4 Å². The van der Waals surface area contributed by atoms with E-state index in [1.165, 1.54) is 10.3 Å². The number of aromatic nitrogens is 2. The number of aryl methyl sites for hydroxylation is 2. The van der Waals surface area contributed by atoms with Crippen LogP contribution in [0.15, 0.2) is 34.8 Å². The largest absolute Gasteiger partial charge is 0.316 e. The number of nitrogens with one attached hydrogen (secondary N) is 1. The minimum Gasteiger partial charge on any atom is -0.316 e. The van der Waals surface area contributed by atoms with E-state index in [4.69, 9.17) is 0 Å². The highest BCUT2D eigenvalue weighted by atomic mass is 79.9. The number of halogens is 1. The molecule has 5 heteroatoms. The van der Waals surface area contributed by atoms with E-state index >= 15 is 0 Å². The van der Waals surface area contributed by atoms with E-state index in [1.807, 2.05) is 25.1 Å². The maximum absolute atomic E-state index is 4.56. The monoisotopic (exact) mass is 333 g/mol. The van der Waals surface area contributed by atoms with E-state index in [2.05, 4.69) is 50.3 Å². The lowest BCUT2D eigenvalue weighted by molar-refractivity contribution is 1.18. The molecule has 0 unspecified atom stereocenters. The zero-order chi connectivity index (χ0) is 13.4. The lowest BCUT2D eigenvalue weighted by Gasteiger charge is -2.03. The Bertz CT molecular complexity index is 752. The number of hydrogen-bond acceptors (Lipinski definition) is 4. The average Bonchev–Trinajstić information content (AvgIpc) is 2.75. The van der Waals surface area contributed by atoms with E-state index in [-0.39, 0.29) is 0 Å². The highest BCUT2D eigenvalue weighted by Crippen LogP contribution is 2.29. The predicted octanol–water partition coefficient (Wildman–Crippen LogP) is 4.81. The fourth-order valence-electron chi connectivity index (χ4n) is 1.81. The molecule has 1 aromatic carbocycles. The van der Waals surface area contributed by atoms with Gasteiger partial charge in [0, 0.05) is 4.47 Å². The van der Waals surface area contributed by atoms with Gasteiger partial charge in [-0.2, -0.15) is 0 Å². The minimum atomic E-state index is 0.816. The van der Waals surface area contributed by atoms with Gasteiger partial charge in [-0.1, -0.05) is 17.4 Å². The topological polar surface area (TPSA) is 37.8 Å². The number of fused-ring (bicyclic) bond motifs is 1. The molecule has 3 aromatic rings. The van der Waals surface area contributed by atoms with Gasteiger partial charge < -0.3 is 5.32 Å². The Hall–Kier alpha value is -1.46. The van der Waals surface area contributed by atoms with E-state index in [9.17, 15) is 0 Å². The van der Waals surface area contributed by atoms with Crippen molar-refractivity contribution in [2.75, 3.05) is 5.32 Å². The fourth-order valence-corrected chi connectivity index (χ4v) is 3.00. The molecule has 0 aliphatic heterocycles. The quantitative estimate of drug-likeness (QED) is 0.730. The van der Waals surface area contributed by atoms with Crippen LogP contribution in [0.4, 0.5) is 10.9 Å². The van der Waals surface area contributed by atoms with Crippen molar-refractivity contribution in [2.45, 2.75) is 13.8 Å². The van der Waals surface area contributed by atoms with Crippen LogP contribution in [0.2, 0.25) is 0 Å². The van der Waals surface area contributed by atoms with Gasteiger partial charge >= 0.3 is 0 Å². The molecule has 0 radical (unpaired) electrons. The summed E-state index contributed by atoms with van der Waals surface area (Å²) in [4.78, 5) is 9.02. The Morgan fingerprint density at radius 2 is 1.95 bits per heavy atom. The number of rotatable bonds is 2. The first kappa shape index (κ1) is 12.6. The smallest absolute Gasteiger partial charge is 0.189 e. The number of pyridine rings is 1. The first-order valence-corrected chi connectivity index (χ1v) is 7.50. The summed E-state index contributed by atoms with van der Waals surface area (Å²) in [6.07, 6.45) is 0. The Kier molecular flexibility index (Phi) is 3.24. The van der Waals surface area contributed by atoms with E-state index in [1.54, 1.807) is 11.3 Å². The molecule has 19 heavy (non-hydrogen) atoms. The van der Waals surface area contributed by atoms with Gasteiger partial charge in [0.05, 0.1) is 15.9 Å². The van der Waals surface area contributed by atoms with Crippen molar-refractivity contribution in [3.63, 3.8) is 0 Å². The first-order chi connectivity index (χ1) is 9.11. The van der Waals surface area contributed by atoms with Crippen molar-refractivity contribution < 1.29 is 0 Å². The van der Waals surface area contributed by atoms with Crippen LogP contribution in [-0.2, 0) is 0 Å². The van der Waals surface area contributed by atoms with Crippen LogP contribution in [0.5, 0.6) is 0 Å². The molecule has 1 N–H and O–H groups in total. The summed E-state index contributed by atoms with van der Waals surface area (Å²) in [6.45, 7) is 4.06. The maximum atomic E-state index is 4.56. The van der Waals surface area contributed by atoms with Crippen molar-refractivity contribution in [3.05, 3.63) is 46.1 Å². The molecule has 0 saturated carbocycles. The second-order valence-electron chi connectivity index (χ2n) is 4.38. The fraction of sp³-hybridized carbons (Fsp3) is 0.143. The molecule has 3 nitrogen and oxygen atoms in total. The number of benzene rings is 1. The van der Waals surface area contributed by atoms with Crippen LogP contribution in [0.3, 0.4) is 0 Å².